The van der Waals surface area contributed by atoms with Crippen molar-refractivity contribution in [2.45, 2.75) is 19.9 Å². The van der Waals surface area contributed by atoms with Crippen LogP contribution in [-0.4, -0.2) is 28.8 Å². The number of hydrogen-bond acceptors (Lipinski definition) is 3. The zero-order chi connectivity index (χ0) is 10.7. The fourth-order valence-electron chi connectivity index (χ4n) is 0.987. The summed E-state index contributed by atoms with van der Waals surface area (Å²) in [4.78, 5) is 11.4. The Bertz CT molecular complexity index is 312. The molecular formula is C9H16N4O. The van der Waals surface area contributed by atoms with Crippen LogP contribution in [0.15, 0.2) is 6.07 Å². The molecule has 1 heterocycles. The van der Waals surface area contributed by atoms with Crippen LogP contribution < -0.4 is 10.6 Å². The van der Waals surface area contributed by atoms with Crippen LogP contribution in [-0.2, 0) is 11.8 Å². The highest BCUT2D eigenvalue weighted by Gasteiger charge is 2.11. The lowest BCUT2D eigenvalue weighted by atomic mass is 10.3. The number of anilines is 1. The topological polar surface area (TPSA) is 59.0 Å². The average molecular weight is 196 g/mol. The summed E-state index contributed by atoms with van der Waals surface area (Å²) < 4.78 is 1.72. The third-order valence-electron chi connectivity index (χ3n) is 2.19. The second kappa shape index (κ2) is 4.23. The fourth-order valence-corrected chi connectivity index (χ4v) is 0.987. The van der Waals surface area contributed by atoms with Crippen LogP contribution in [0.1, 0.15) is 12.6 Å². The number of nitrogens with zero attached hydrogens (tertiary/aromatic N) is 2. The molecule has 0 aliphatic heterocycles. The van der Waals surface area contributed by atoms with Gasteiger partial charge in [-0.15, -0.1) is 0 Å². The van der Waals surface area contributed by atoms with Gasteiger partial charge in [0.2, 0.25) is 5.91 Å². The highest BCUT2D eigenvalue weighted by Crippen LogP contribution is 2.06. The van der Waals surface area contributed by atoms with E-state index in [4.69, 9.17) is 0 Å². The van der Waals surface area contributed by atoms with Gasteiger partial charge in [0.05, 0.1) is 6.04 Å². The minimum atomic E-state index is -0.211. The largest absolute Gasteiger partial charge is 0.309 e. The maximum absolute atomic E-state index is 11.4. The molecule has 0 aliphatic rings. The SMILES string of the molecule is CN[C@@H](C)C(=O)Nc1cc(C)n(C)n1. The third-order valence-corrected chi connectivity index (χ3v) is 2.19. The van der Waals surface area contributed by atoms with Gasteiger partial charge in [0.15, 0.2) is 5.82 Å². The average Bonchev–Trinajstić information content (AvgIpc) is 2.44. The van der Waals surface area contributed by atoms with E-state index in [0.717, 1.165) is 5.69 Å². The van der Waals surface area contributed by atoms with E-state index in [0.29, 0.717) is 5.82 Å². The maximum Gasteiger partial charge on any atom is 0.242 e. The number of likely N-dealkylation sites (N-methyl/N-ethyl adjacent to an activating group) is 1. The standard InChI is InChI=1S/C9H16N4O/c1-6-5-8(12-13(6)4)11-9(14)7(2)10-3/h5,7,10H,1-4H3,(H,11,12,14)/t7-/m0/s1. The van der Waals surface area contributed by atoms with Gasteiger partial charge in [-0.25, -0.2) is 0 Å². The van der Waals surface area contributed by atoms with Gasteiger partial charge in [-0.1, -0.05) is 0 Å². The van der Waals surface area contributed by atoms with E-state index in [1.807, 2.05) is 20.0 Å². The molecule has 0 aliphatic carbocycles. The molecule has 2 N–H and O–H groups in total. The number of carbonyl (C=O) groups excluding carboxylic acids is 1. The Labute approximate surface area is 83.5 Å². The Morgan fingerprint density at radius 3 is 2.71 bits per heavy atom. The van der Waals surface area contributed by atoms with E-state index in [-0.39, 0.29) is 11.9 Å². The summed E-state index contributed by atoms with van der Waals surface area (Å²) in [5, 5.41) is 9.70. The zero-order valence-electron chi connectivity index (χ0n) is 8.96. The van der Waals surface area contributed by atoms with Gasteiger partial charge in [-0.2, -0.15) is 5.10 Å². The van der Waals surface area contributed by atoms with Crippen LogP contribution in [0.2, 0.25) is 0 Å². The van der Waals surface area contributed by atoms with E-state index in [1.165, 1.54) is 0 Å². The minimum absolute atomic E-state index is 0.0781. The number of carbonyl (C=O) groups is 1. The van der Waals surface area contributed by atoms with Crippen LogP contribution in [0.5, 0.6) is 0 Å². The van der Waals surface area contributed by atoms with Crippen molar-refractivity contribution >= 4 is 11.7 Å². The Morgan fingerprint density at radius 2 is 2.29 bits per heavy atom. The van der Waals surface area contributed by atoms with Crippen molar-refractivity contribution in [2.24, 2.45) is 7.05 Å². The predicted molar refractivity (Wildman–Crippen MR) is 55.1 cm³/mol. The van der Waals surface area contributed by atoms with Crippen LogP contribution in [0.3, 0.4) is 0 Å². The Hall–Kier alpha value is -1.36. The summed E-state index contributed by atoms with van der Waals surface area (Å²) in [6.45, 7) is 3.73. The van der Waals surface area contributed by atoms with Crippen LogP contribution in [0.4, 0.5) is 5.82 Å². The summed E-state index contributed by atoms with van der Waals surface area (Å²) in [6, 6.07) is 1.62. The molecule has 1 aromatic heterocycles. The number of aromatic nitrogens is 2. The third kappa shape index (κ3) is 2.32. The van der Waals surface area contributed by atoms with Crippen molar-refractivity contribution in [3.8, 4) is 0 Å². The van der Waals surface area contributed by atoms with E-state index >= 15 is 0 Å². The molecule has 0 bridgehead atoms. The molecule has 0 saturated heterocycles. The van der Waals surface area contributed by atoms with Gasteiger partial charge in [-0.05, 0) is 20.9 Å². The number of hydrogen-bond donors (Lipinski definition) is 2. The lowest BCUT2D eigenvalue weighted by Gasteiger charge is -2.08. The van der Waals surface area contributed by atoms with Gasteiger partial charge in [0.1, 0.15) is 0 Å². The molecule has 0 radical (unpaired) electrons. The molecule has 0 unspecified atom stereocenters. The van der Waals surface area contributed by atoms with Crippen molar-refractivity contribution in [3.63, 3.8) is 0 Å². The first kappa shape index (κ1) is 10.7. The maximum atomic E-state index is 11.4. The first-order chi connectivity index (χ1) is 6.54. The van der Waals surface area contributed by atoms with E-state index in [2.05, 4.69) is 15.7 Å². The second-order valence-corrected chi connectivity index (χ2v) is 3.29. The van der Waals surface area contributed by atoms with E-state index in [1.54, 1.807) is 18.7 Å². The summed E-state index contributed by atoms with van der Waals surface area (Å²) in [5.41, 5.74) is 1.01. The summed E-state index contributed by atoms with van der Waals surface area (Å²) in [7, 11) is 3.58. The van der Waals surface area contributed by atoms with Crippen molar-refractivity contribution < 1.29 is 4.79 Å². The second-order valence-electron chi connectivity index (χ2n) is 3.29. The number of rotatable bonds is 3. The van der Waals surface area contributed by atoms with E-state index in [9.17, 15) is 4.79 Å². The number of nitrogens with one attached hydrogen (secondary N) is 2. The lowest BCUT2D eigenvalue weighted by molar-refractivity contribution is -0.117. The van der Waals surface area contributed by atoms with Crippen molar-refractivity contribution in [1.82, 2.24) is 15.1 Å². The molecule has 1 rings (SSSR count). The van der Waals surface area contributed by atoms with Crippen molar-refractivity contribution in [1.29, 1.82) is 0 Å². The Kier molecular flexibility index (Phi) is 3.24. The molecule has 0 saturated carbocycles. The monoisotopic (exact) mass is 196 g/mol. The molecule has 5 nitrogen and oxygen atoms in total. The van der Waals surface area contributed by atoms with Crippen molar-refractivity contribution in [3.05, 3.63) is 11.8 Å². The molecule has 0 aromatic carbocycles. The molecule has 1 amide bonds. The molecule has 1 aromatic rings. The van der Waals surface area contributed by atoms with Gasteiger partial charge in [0.25, 0.3) is 0 Å². The molecule has 1 atom stereocenters. The van der Waals surface area contributed by atoms with Gasteiger partial charge in [0, 0.05) is 18.8 Å². The zero-order valence-corrected chi connectivity index (χ0v) is 8.96. The lowest BCUT2D eigenvalue weighted by Crippen LogP contribution is -2.35. The van der Waals surface area contributed by atoms with Crippen LogP contribution in [0.25, 0.3) is 0 Å². The van der Waals surface area contributed by atoms with E-state index < -0.39 is 0 Å². The van der Waals surface area contributed by atoms with Crippen molar-refractivity contribution in [2.75, 3.05) is 12.4 Å². The van der Waals surface area contributed by atoms with Gasteiger partial charge in [-0.3, -0.25) is 9.48 Å². The predicted octanol–water partition coefficient (Wildman–Crippen LogP) is 0.275. The minimum Gasteiger partial charge on any atom is -0.309 e. The molecule has 0 fully saturated rings. The highest BCUT2D eigenvalue weighted by molar-refractivity contribution is 5.93. The summed E-state index contributed by atoms with van der Waals surface area (Å²) >= 11 is 0. The van der Waals surface area contributed by atoms with Crippen LogP contribution in [0, 0.1) is 6.92 Å². The van der Waals surface area contributed by atoms with Crippen LogP contribution >= 0.6 is 0 Å². The first-order valence-corrected chi connectivity index (χ1v) is 4.53. The smallest absolute Gasteiger partial charge is 0.242 e. The number of amides is 1. The summed E-state index contributed by atoms with van der Waals surface area (Å²) in [6.07, 6.45) is 0. The highest BCUT2D eigenvalue weighted by atomic mass is 16.2. The number of aryl methyl sites for hydroxylation is 2. The first-order valence-electron chi connectivity index (χ1n) is 4.53. The molecule has 78 valence electrons. The fraction of sp³-hybridized carbons (Fsp3) is 0.556. The normalized spacial score (nSPS) is 12.6. The molecule has 5 heteroatoms. The quantitative estimate of drug-likeness (QED) is 0.729. The molecule has 14 heavy (non-hydrogen) atoms. The molecular weight excluding hydrogens is 180 g/mol. The molecule has 0 spiro atoms. The summed E-state index contributed by atoms with van der Waals surface area (Å²) in [5.74, 6) is 0.516. The van der Waals surface area contributed by atoms with Gasteiger partial charge >= 0.3 is 0 Å². The Balaban J connectivity index is 2.65. The van der Waals surface area contributed by atoms with Gasteiger partial charge < -0.3 is 10.6 Å². The Morgan fingerprint density at radius 1 is 1.64 bits per heavy atom.